The normalized spacial score (nSPS) is 21.4. The van der Waals surface area contributed by atoms with Crippen LogP contribution in [0.3, 0.4) is 0 Å². The Hall–Kier alpha value is -2.43. The lowest BCUT2D eigenvalue weighted by Crippen LogP contribution is -2.44. The minimum absolute atomic E-state index is 0.189. The molecule has 1 aliphatic heterocycles. The topological polar surface area (TPSA) is 71.8 Å². The summed E-state index contributed by atoms with van der Waals surface area (Å²) in [7, 11) is 0. The first kappa shape index (κ1) is 13.5. The van der Waals surface area contributed by atoms with Crippen LogP contribution in [-0.4, -0.2) is 27.4 Å². The zero-order valence-corrected chi connectivity index (χ0v) is 11.9. The highest BCUT2D eigenvalue weighted by Gasteiger charge is 2.50. The molecule has 0 saturated carbocycles. The molecule has 1 atom stereocenters. The lowest BCUT2D eigenvalue weighted by molar-refractivity contribution is -0.168. The Labute approximate surface area is 122 Å². The van der Waals surface area contributed by atoms with E-state index in [-0.39, 0.29) is 12.3 Å². The second-order valence-corrected chi connectivity index (χ2v) is 5.54. The molecule has 1 N–H and O–H groups in total. The monoisotopic (exact) mass is 284 g/mol. The third-order valence-corrected chi connectivity index (χ3v) is 3.99. The summed E-state index contributed by atoms with van der Waals surface area (Å²) in [6.45, 7) is 3.65. The number of aliphatic carboxylic acids is 1. The third kappa shape index (κ3) is 2.05. The number of hydrogen-bond acceptors (Lipinski definition) is 4. The number of rotatable bonds is 3. The molecule has 1 aromatic carbocycles. The maximum absolute atomic E-state index is 11.6. The molecule has 2 aromatic rings. The number of fused-ring (bicyclic) bond motifs is 1. The minimum atomic E-state index is -1.30. The number of aromatic nitrogens is 1. The van der Waals surface area contributed by atoms with Gasteiger partial charge in [-0.3, -0.25) is 4.98 Å². The highest BCUT2D eigenvalue weighted by atomic mass is 16.7. The van der Waals surface area contributed by atoms with Crippen LogP contribution in [0.25, 0.3) is 10.8 Å². The summed E-state index contributed by atoms with van der Waals surface area (Å²) >= 11 is 0. The first-order chi connectivity index (χ1) is 10.0. The van der Waals surface area contributed by atoms with E-state index in [1.54, 1.807) is 6.20 Å². The summed E-state index contributed by atoms with van der Waals surface area (Å²) in [5.41, 5.74) is -0.0201. The van der Waals surface area contributed by atoms with E-state index in [0.717, 1.165) is 10.8 Å². The second kappa shape index (κ2) is 4.84. The highest BCUT2D eigenvalue weighted by molar-refractivity contribution is 6.11. The average Bonchev–Trinajstić information content (AvgIpc) is 2.93. The Morgan fingerprint density at radius 1 is 1.33 bits per heavy atom. The van der Waals surface area contributed by atoms with Gasteiger partial charge in [-0.1, -0.05) is 43.3 Å². The molecule has 2 heterocycles. The molecular weight excluding hydrogens is 268 g/mol. The van der Waals surface area contributed by atoms with E-state index in [1.165, 1.54) is 0 Å². The molecule has 3 rings (SSSR count). The van der Waals surface area contributed by atoms with Crippen molar-refractivity contribution in [2.24, 2.45) is 11.1 Å². The quantitative estimate of drug-likeness (QED) is 0.940. The number of pyridine rings is 1. The molecule has 0 aliphatic carbocycles. The van der Waals surface area contributed by atoms with Crippen LogP contribution >= 0.6 is 0 Å². The Bertz CT molecular complexity index is 734. The number of nitrogens with zero attached hydrogens (tertiary/aromatic N) is 2. The lowest BCUT2D eigenvalue weighted by Gasteiger charge is -2.25. The first-order valence-electron chi connectivity index (χ1n) is 6.87. The van der Waals surface area contributed by atoms with Gasteiger partial charge in [-0.2, -0.15) is 0 Å². The van der Waals surface area contributed by atoms with Crippen molar-refractivity contribution in [3.8, 4) is 0 Å². The summed E-state index contributed by atoms with van der Waals surface area (Å²) in [5, 5.41) is 15.5. The smallest absolute Gasteiger partial charge is 0.351 e. The largest absolute Gasteiger partial charge is 0.478 e. The molecule has 0 amide bonds. The number of benzene rings is 1. The maximum atomic E-state index is 11.6. The van der Waals surface area contributed by atoms with Crippen molar-refractivity contribution < 1.29 is 14.7 Å². The summed E-state index contributed by atoms with van der Waals surface area (Å²) in [5.74, 6) is -1.18. The van der Waals surface area contributed by atoms with Gasteiger partial charge in [0.1, 0.15) is 5.71 Å². The molecule has 1 aromatic heterocycles. The van der Waals surface area contributed by atoms with Crippen LogP contribution in [0.1, 0.15) is 26.0 Å². The van der Waals surface area contributed by atoms with Gasteiger partial charge in [0.25, 0.3) is 0 Å². The van der Waals surface area contributed by atoms with E-state index >= 15 is 0 Å². The number of carbonyl (C=O) groups is 1. The van der Waals surface area contributed by atoms with Crippen molar-refractivity contribution in [1.29, 1.82) is 0 Å². The number of oxime groups is 1. The fraction of sp³-hybridized carbons (Fsp3) is 0.312. The standard InChI is InChI=1S/C16H16N2O3/c1-10(2)16(15(19)20)9-13(18-21-16)14-12-6-4-3-5-11(12)7-8-17-14/h3-8,10H,9H2,1-2H3,(H,19,20). The molecule has 1 unspecified atom stereocenters. The Kier molecular flexibility index (Phi) is 3.12. The van der Waals surface area contributed by atoms with E-state index in [9.17, 15) is 9.90 Å². The zero-order valence-electron chi connectivity index (χ0n) is 11.9. The maximum Gasteiger partial charge on any atom is 0.351 e. The van der Waals surface area contributed by atoms with Crippen LogP contribution in [0, 0.1) is 5.92 Å². The predicted molar refractivity (Wildman–Crippen MR) is 79.2 cm³/mol. The van der Waals surface area contributed by atoms with Crippen molar-refractivity contribution in [1.82, 2.24) is 4.98 Å². The van der Waals surface area contributed by atoms with E-state index in [1.807, 2.05) is 44.2 Å². The van der Waals surface area contributed by atoms with Gasteiger partial charge in [0.15, 0.2) is 0 Å². The molecule has 0 radical (unpaired) electrons. The van der Waals surface area contributed by atoms with E-state index < -0.39 is 11.6 Å². The summed E-state index contributed by atoms with van der Waals surface area (Å²) < 4.78 is 0. The van der Waals surface area contributed by atoms with Crippen LogP contribution in [0.2, 0.25) is 0 Å². The SMILES string of the molecule is CC(C)C1(C(=O)O)CC(c2nccc3ccccc23)=NO1. The fourth-order valence-corrected chi connectivity index (χ4v) is 2.60. The van der Waals surface area contributed by atoms with Gasteiger partial charge >= 0.3 is 5.97 Å². The van der Waals surface area contributed by atoms with Crippen LogP contribution in [0.5, 0.6) is 0 Å². The Balaban J connectivity index is 2.04. The highest BCUT2D eigenvalue weighted by Crippen LogP contribution is 2.34. The lowest BCUT2D eigenvalue weighted by atomic mass is 9.85. The van der Waals surface area contributed by atoms with Crippen molar-refractivity contribution in [2.75, 3.05) is 0 Å². The van der Waals surface area contributed by atoms with Gasteiger partial charge in [0, 0.05) is 23.9 Å². The Morgan fingerprint density at radius 3 is 2.76 bits per heavy atom. The van der Waals surface area contributed by atoms with Gasteiger partial charge in [-0.25, -0.2) is 4.79 Å². The molecule has 1 aliphatic rings. The molecular formula is C16H16N2O3. The van der Waals surface area contributed by atoms with Gasteiger partial charge in [-0.15, -0.1) is 0 Å². The first-order valence-corrected chi connectivity index (χ1v) is 6.87. The summed E-state index contributed by atoms with van der Waals surface area (Å²) in [4.78, 5) is 21.3. The molecule has 5 nitrogen and oxygen atoms in total. The summed E-state index contributed by atoms with van der Waals surface area (Å²) in [6.07, 6.45) is 1.93. The number of carboxylic acid groups (broad SMARTS) is 1. The number of carboxylic acids is 1. The molecule has 108 valence electrons. The molecule has 0 bridgehead atoms. The van der Waals surface area contributed by atoms with E-state index in [0.29, 0.717) is 11.4 Å². The van der Waals surface area contributed by atoms with Gasteiger partial charge in [-0.05, 0) is 11.5 Å². The average molecular weight is 284 g/mol. The van der Waals surface area contributed by atoms with Gasteiger partial charge in [0.2, 0.25) is 5.60 Å². The fourth-order valence-electron chi connectivity index (χ4n) is 2.60. The van der Waals surface area contributed by atoms with E-state index in [4.69, 9.17) is 4.84 Å². The molecule has 21 heavy (non-hydrogen) atoms. The number of hydrogen-bond donors (Lipinski definition) is 1. The van der Waals surface area contributed by atoms with Crippen molar-refractivity contribution in [3.05, 3.63) is 42.2 Å². The summed E-state index contributed by atoms with van der Waals surface area (Å²) in [6, 6.07) is 9.74. The molecule has 0 spiro atoms. The Morgan fingerprint density at radius 2 is 2.10 bits per heavy atom. The van der Waals surface area contributed by atoms with Crippen molar-refractivity contribution in [2.45, 2.75) is 25.9 Å². The van der Waals surface area contributed by atoms with Crippen LogP contribution in [0.15, 0.2) is 41.7 Å². The molecule has 0 saturated heterocycles. The van der Waals surface area contributed by atoms with Crippen LogP contribution in [0.4, 0.5) is 0 Å². The van der Waals surface area contributed by atoms with Crippen LogP contribution < -0.4 is 0 Å². The zero-order chi connectivity index (χ0) is 15.0. The van der Waals surface area contributed by atoms with E-state index in [2.05, 4.69) is 10.1 Å². The second-order valence-electron chi connectivity index (χ2n) is 5.54. The third-order valence-electron chi connectivity index (χ3n) is 3.99. The van der Waals surface area contributed by atoms with Crippen molar-refractivity contribution in [3.63, 3.8) is 0 Å². The molecule has 0 fully saturated rings. The van der Waals surface area contributed by atoms with Gasteiger partial charge in [0.05, 0.1) is 5.69 Å². The van der Waals surface area contributed by atoms with Crippen LogP contribution in [-0.2, 0) is 9.63 Å². The minimum Gasteiger partial charge on any atom is -0.478 e. The predicted octanol–water partition coefficient (Wildman–Crippen LogP) is 2.84. The van der Waals surface area contributed by atoms with Crippen molar-refractivity contribution >= 4 is 22.5 Å². The molecule has 5 heteroatoms. The van der Waals surface area contributed by atoms with Gasteiger partial charge < -0.3 is 9.94 Å².